The molecule has 3 heterocycles. The molecule has 0 aliphatic carbocycles. The Kier molecular flexibility index (Phi) is 4.34. The van der Waals surface area contributed by atoms with Crippen molar-refractivity contribution < 1.29 is 14.7 Å². The third-order valence-electron chi connectivity index (χ3n) is 4.20. The second kappa shape index (κ2) is 6.44. The quantitative estimate of drug-likeness (QED) is 0.834. The van der Waals surface area contributed by atoms with Crippen molar-refractivity contribution in [2.75, 3.05) is 26.2 Å². The fourth-order valence-corrected chi connectivity index (χ4v) is 2.92. The number of piperazine rings is 1. The number of carboxylic acid groups (broad SMARTS) is 1. The Labute approximate surface area is 139 Å². The number of rotatable bonds is 4. The van der Waals surface area contributed by atoms with Crippen LogP contribution in [-0.4, -0.2) is 72.5 Å². The Morgan fingerprint density at radius 3 is 2.42 bits per heavy atom. The average Bonchev–Trinajstić information content (AvgIpc) is 3.13. The van der Waals surface area contributed by atoms with Gasteiger partial charge in [-0.15, -0.1) is 0 Å². The summed E-state index contributed by atoms with van der Waals surface area (Å²) in [5.74, 6) is -1.42. The predicted molar refractivity (Wildman–Crippen MR) is 84.6 cm³/mol. The van der Waals surface area contributed by atoms with Crippen molar-refractivity contribution in [3.63, 3.8) is 0 Å². The lowest BCUT2D eigenvalue weighted by atomic mass is 10.2. The molecule has 0 unspecified atom stereocenters. The molecule has 2 aromatic heterocycles. The van der Waals surface area contributed by atoms with E-state index < -0.39 is 5.97 Å². The highest BCUT2D eigenvalue weighted by atomic mass is 16.4. The van der Waals surface area contributed by atoms with Gasteiger partial charge in [0.15, 0.2) is 0 Å². The summed E-state index contributed by atoms with van der Waals surface area (Å²) in [5.41, 5.74) is 1.21. The van der Waals surface area contributed by atoms with Crippen LogP contribution in [0.25, 0.3) is 0 Å². The zero-order chi connectivity index (χ0) is 17.3. The zero-order valence-corrected chi connectivity index (χ0v) is 13.7. The number of hydrogen-bond acceptors (Lipinski definition) is 5. The first-order valence-corrected chi connectivity index (χ1v) is 7.70. The molecule has 0 saturated carbocycles. The van der Waals surface area contributed by atoms with E-state index in [0.717, 1.165) is 25.2 Å². The van der Waals surface area contributed by atoms with Gasteiger partial charge in [0.25, 0.3) is 5.91 Å². The molecule has 9 heteroatoms. The Bertz CT molecular complexity index is 757. The van der Waals surface area contributed by atoms with Crippen LogP contribution < -0.4 is 0 Å². The average molecular weight is 332 g/mol. The standard InChI is InChI=1S/C15H20N6O3/c1-18-9-11(7-16-18)10-20-3-5-21(6-4-20)14(22)13-12(15(23)24)8-17-19(13)2/h7-9H,3-6,10H2,1-2H3,(H,23,24). The lowest BCUT2D eigenvalue weighted by molar-refractivity contribution is 0.0599. The number of hydrogen-bond donors (Lipinski definition) is 1. The number of carbonyl (C=O) groups is 2. The van der Waals surface area contributed by atoms with Gasteiger partial charge in [0.1, 0.15) is 11.3 Å². The molecular weight excluding hydrogens is 312 g/mol. The van der Waals surface area contributed by atoms with Crippen LogP contribution in [0.3, 0.4) is 0 Å². The van der Waals surface area contributed by atoms with Crippen molar-refractivity contribution in [2.24, 2.45) is 14.1 Å². The summed E-state index contributed by atoms with van der Waals surface area (Å²) in [5, 5.41) is 17.2. The van der Waals surface area contributed by atoms with E-state index in [2.05, 4.69) is 15.1 Å². The Morgan fingerprint density at radius 1 is 1.12 bits per heavy atom. The molecule has 1 aliphatic heterocycles. The first-order valence-electron chi connectivity index (χ1n) is 7.70. The predicted octanol–water partition coefficient (Wildman–Crippen LogP) is -0.190. The molecule has 24 heavy (non-hydrogen) atoms. The molecule has 0 aromatic carbocycles. The topological polar surface area (TPSA) is 96.5 Å². The normalized spacial score (nSPS) is 15.7. The van der Waals surface area contributed by atoms with Gasteiger partial charge in [0.05, 0.1) is 12.4 Å². The minimum Gasteiger partial charge on any atom is -0.478 e. The maximum Gasteiger partial charge on any atom is 0.339 e. The molecule has 1 aliphatic rings. The summed E-state index contributed by atoms with van der Waals surface area (Å²) in [6.45, 7) is 3.39. The van der Waals surface area contributed by atoms with Crippen molar-refractivity contribution in [3.05, 3.63) is 35.4 Å². The van der Waals surface area contributed by atoms with Gasteiger partial charge in [-0.05, 0) is 0 Å². The van der Waals surface area contributed by atoms with Crippen molar-refractivity contribution in [1.82, 2.24) is 29.4 Å². The molecule has 9 nitrogen and oxygen atoms in total. The van der Waals surface area contributed by atoms with Crippen LogP contribution in [0.1, 0.15) is 26.4 Å². The van der Waals surface area contributed by atoms with Gasteiger partial charge in [0, 0.05) is 58.6 Å². The molecule has 0 atom stereocenters. The highest BCUT2D eigenvalue weighted by Crippen LogP contribution is 2.14. The van der Waals surface area contributed by atoms with E-state index in [1.165, 1.54) is 10.9 Å². The smallest absolute Gasteiger partial charge is 0.339 e. The minimum atomic E-state index is -1.14. The number of aryl methyl sites for hydroxylation is 2. The van der Waals surface area contributed by atoms with E-state index in [1.54, 1.807) is 16.6 Å². The van der Waals surface area contributed by atoms with Crippen LogP contribution in [0.4, 0.5) is 0 Å². The maximum absolute atomic E-state index is 12.6. The summed E-state index contributed by atoms with van der Waals surface area (Å²) in [7, 11) is 3.46. The van der Waals surface area contributed by atoms with Gasteiger partial charge in [-0.2, -0.15) is 10.2 Å². The molecule has 0 spiro atoms. The van der Waals surface area contributed by atoms with Crippen molar-refractivity contribution in [3.8, 4) is 0 Å². The fourth-order valence-electron chi connectivity index (χ4n) is 2.92. The Morgan fingerprint density at radius 2 is 1.83 bits per heavy atom. The molecule has 128 valence electrons. The summed E-state index contributed by atoms with van der Waals surface area (Å²) in [4.78, 5) is 27.8. The van der Waals surface area contributed by atoms with Gasteiger partial charge >= 0.3 is 5.97 Å². The Balaban J connectivity index is 1.63. The molecular formula is C15H20N6O3. The van der Waals surface area contributed by atoms with Crippen LogP contribution in [0.2, 0.25) is 0 Å². The highest BCUT2D eigenvalue weighted by molar-refractivity contribution is 6.03. The molecule has 0 bridgehead atoms. The molecule has 3 rings (SSSR count). The fraction of sp³-hybridized carbons (Fsp3) is 0.467. The van der Waals surface area contributed by atoms with Gasteiger partial charge in [-0.3, -0.25) is 19.1 Å². The summed E-state index contributed by atoms with van der Waals surface area (Å²) < 4.78 is 3.10. The molecule has 2 aromatic rings. The van der Waals surface area contributed by atoms with E-state index in [0.29, 0.717) is 13.1 Å². The van der Waals surface area contributed by atoms with Crippen LogP contribution in [0.15, 0.2) is 18.6 Å². The van der Waals surface area contributed by atoms with Crippen molar-refractivity contribution in [1.29, 1.82) is 0 Å². The molecule has 1 saturated heterocycles. The molecule has 0 radical (unpaired) electrons. The lowest BCUT2D eigenvalue weighted by Crippen LogP contribution is -2.48. The summed E-state index contributed by atoms with van der Waals surface area (Å²) in [6, 6.07) is 0. The summed E-state index contributed by atoms with van der Waals surface area (Å²) in [6.07, 6.45) is 5.03. The lowest BCUT2D eigenvalue weighted by Gasteiger charge is -2.34. The summed E-state index contributed by atoms with van der Waals surface area (Å²) >= 11 is 0. The first kappa shape index (κ1) is 16.2. The third-order valence-corrected chi connectivity index (χ3v) is 4.20. The maximum atomic E-state index is 12.6. The van der Waals surface area contributed by atoms with Crippen LogP contribution >= 0.6 is 0 Å². The highest BCUT2D eigenvalue weighted by Gasteiger charge is 2.28. The molecule has 1 amide bonds. The van der Waals surface area contributed by atoms with E-state index >= 15 is 0 Å². The van der Waals surface area contributed by atoms with Crippen molar-refractivity contribution >= 4 is 11.9 Å². The third kappa shape index (κ3) is 3.16. The van der Waals surface area contributed by atoms with Gasteiger partial charge in [-0.25, -0.2) is 4.79 Å². The van der Waals surface area contributed by atoms with Gasteiger partial charge in [-0.1, -0.05) is 0 Å². The Hall–Kier alpha value is -2.68. The number of amides is 1. The number of nitrogens with zero attached hydrogens (tertiary/aromatic N) is 6. The zero-order valence-electron chi connectivity index (χ0n) is 13.7. The van der Waals surface area contributed by atoms with E-state index in [1.807, 2.05) is 19.4 Å². The second-order valence-corrected chi connectivity index (χ2v) is 5.93. The van der Waals surface area contributed by atoms with E-state index in [-0.39, 0.29) is 17.2 Å². The largest absolute Gasteiger partial charge is 0.478 e. The first-order chi connectivity index (χ1) is 11.5. The molecule has 1 N–H and O–H groups in total. The number of carbonyl (C=O) groups excluding carboxylic acids is 1. The molecule has 1 fully saturated rings. The minimum absolute atomic E-state index is 0.0553. The number of carboxylic acids is 1. The van der Waals surface area contributed by atoms with E-state index in [9.17, 15) is 14.7 Å². The number of aromatic nitrogens is 4. The van der Waals surface area contributed by atoms with Crippen LogP contribution in [0, 0.1) is 0 Å². The van der Waals surface area contributed by atoms with Gasteiger partial charge in [0.2, 0.25) is 0 Å². The SMILES string of the molecule is Cn1cc(CN2CCN(C(=O)c3c(C(=O)O)cnn3C)CC2)cn1. The number of aromatic carboxylic acids is 1. The van der Waals surface area contributed by atoms with Crippen LogP contribution in [0.5, 0.6) is 0 Å². The second-order valence-electron chi connectivity index (χ2n) is 5.93. The van der Waals surface area contributed by atoms with E-state index in [4.69, 9.17) is 0 Å². The van der Waals surface area contributed by atoms with Crippen molar-refractivity contribution in [2.45, 2.75) is 6.54 Å². The van der Waals surface area contributed by atoms with Gasteiger partial charge < -0.3 is 10.0 Å². The monoisotopic (exact) mass is 332 g/mol. The van der Waals surface area contributed by atoms with Crippen LogP contribution in [-0.2, 0) is 20.6 Å².